The molecule has 106 valence electrons. The van der Waals surface area contributed by atoms with Gasteiger partial charge in [0.1, 0.15) is 6.17 Å². The van der Waals surface area contributed by atoms with E-state index in [1.54, 1.807) is 17.6 Å². The van der Waals surface area contributed by atoms with E-state index in [9.17, 15) is 9.00 Å². The smallest absolute Gasteiger partial charge is 0.241 e. The van der Waals surface area contributed by atoms with Gasteiger partial charge >= 0.3 is 0 Å². The normalized spacial score (nSPS) is 24.9. The van der Waals surface area contributed by atoms with Crippen LogP contribution in [-0.4, -0.2) is 39.6 Å². The fraction of sp³-hybridized carbons (Fsp3) is 0.615. The zero-order chi connectivity index (χ0) is 13.8. The summed E-state index contributed by atoms with van der Waals surface area (Å²) in [7, 11) is -0.871. The van der Waals surface area contributed by atoms with Crippen LogP contribution in [-0.2, 0) is 15.6 Å². The van der Waals surface area contributed by atoms with Gasteiger partial charge in [0.15, 0.2) is 0 Å². The molecule has 2 heterocycles. The first kappa shape index (κ1) is 14.7. The van der Waals surface area contributed by atoms with E-state index < -0.39 is 10.8 Å². The van der Waals surface area contributed by atoms with Crippen molar-refractivity contribution in [2.24, 2.45) is 0 Å². The molecule has 0 aliphatic carbocycles. The summed E-state index contributed by atoms with van der Waals surface area (Å²) >= 11 is 1.65. The van der Waals surface area contributed by atoms with Crippen LogP contribution in [0.25, 0.3) is 0 Å². The molecule has 0 bridgehead atoms. The third-order valence-electron chi connectivity index (χ3n) is 3.26. The summed E-state index contributed by atoms with van der Waals surface area (Å²) < 4.78 is 11.3. The lowest BCUT2D eigenvalue weighted by atomic mass is 10.2. The third-order valence-corrected chi connectivity index (χ3v) is 4.94. The van der Waals surface area contributed by atoms with Gasteiger partial charge < -0.3 is 4.90 Å². The Labute approximate surface area is 120 Å². The highest BCUT2D eigenvalue weighted by Gasteiger charge is 2.39. The molecule has 1 amide bonds. The number of nitrogens with zero attached hydrogens (tertiary/aromatic N) is 1. The molecule has 0 saturated carbocycles. The Hall–Kier alpha value is -0.720. The highest BCUT2D eigenvalue weighted by Crippen LogP contribution is 2.29. The summed E-state index contributed by atoms with van der Waals surface area (Å²) in [4.78, 5) is 15.4. The SMILES string of the molecule is CCCC1NC(c2cccs2)N(CCS(C)=O)C1=O. The lowest BCUT2D eigenvalue weighted by Gasteiger charge is -2.22. The van der Waals surface area contributed by atoms with Crippen molar-refractivity contribution in [3.8, 4) is 0 Å². The summed E-state index contributed by atoms with van der Waals surface area (Å²) in [5.74, 6) is 0.680. The Morgan fingerprint density at radius 2 is 2.32 bits per heavy atom. The van der Waals surface area contributed by atoms with Gasteiger partial charge in [-0.2, -0.15) is 0 Å². The van der Waals surface area contributed by atoms with Crippen molar-refractivity contribution in [3.63, 3.8) is 0 Å². The summed E-state index contributed by atoms with van der Waals surface area (Å²) in [6.45, 7) is 2.64. The van der Waals surface area contributed by atoms with E-state index in [-0.39, 0.29) is 18.1 Å². The Morgan fingerprint density at radius 1 is 1.53 bits per heavy atom. The van der Waals surface area contributed by atoms with Gasteiger partial charge in [0.05, 0.1) is 6.04 Å². The first-order valence-corrected chi connectivity index (χ1v) is 9.14. The molecule has 3 atom stereocenters. The number of amides is 1. The van der Waals surface area contributed by atoms with E-state index in [1.807, 2.05) is 22.4 Å². The number of thiophene rings is 1. The summed E-state index contributed by atoms with van der Waals surface area (Å²) in [5, 5.41) is 5.42. The van der Waals surface area contributed by atoms with Gasteiger partial charge in [0.25, 0.3) is 0 Å². The molecule has 1 aromatic rings. The molecule has 1 aromatic heterocycles. The highest BCUT2D eigenvalue weighted by atomic mass is 32.2. The van der Waals surface area contributed by atoms with Gasteiger partial charge in [0, 0.05) is 34.2 Å². The molecule has 3 unspecified atom stereocenters. The lowest BCUT2D eigenvalue weighted by molar-refractivity contribution is -0.129. The first-order chi connectivity index (χ1) is 9.13. The number of hydrogen-bond donors (Lipinski definition) is 1. The maximum Gasteiger partial charge on any atom is 0.241 e. The molecule has 6 heteroatoms. The summed E-state index contributed by atoms with van der Waals surface area (Å²) in [6, 6.07) is 3.94. The Kier molecular flexibility index (Phi) is 5.13. The van der Waals surface area contributed by atoms with Crippen molar-refractivity contribution in [1.82, 2.24) is 10.2 Å². The van der Waals surface area contributed by atoms with Crippen LogP contribution in [0.4, 0.5) is 0 Å². The first-order valence-electron chi connectivity index (χ1n) is 6.53. The van der Waals surface area contributed by atoms with E-state index in [0.29, 0.717) is 12.3 Å². The minimum atomic E-state index is -0.871. The lowest BCUT2D eigenvalue weighted by Crippen LogP contribution is -2.34. The number of rotatable bonds is 6. The fourth-order valence-electron chi connectivity index (χ4n) is 2.32. The van der Waals surface area contributed by atoms with Crippen molar-refractivity contribution in [1.29, 1.82) is 0 Å². The van der Waals surface area contributed by atoms with Gasteiger partial charge in [-0.1, -0.05) is 19.4 Å². The zero-order valence-electron chi connectivity index (χ0n) is 11.3. The molecule has 1 N–H and O–H groups in total. The van der Waals surface area contributed by atoms with E-state index in [1.165, 1.54) is 0 Å². The molecule has 0 aromatic carbocycles. The molecular formula is C13H20N2O2S2. The Morgan fingerprint density at radius 3 is 2.89 bits per heavy atom. The van der Waals surface area contributed by atoms with Crippen LogP contribution in [0, 0.1) is 0 Å². The molecule has 1 aliphatic rings. The predicted octanol–water partition coefficient (Wildman–Crippen LogP) is 1.73. The number of nitrogens with one attached hydrogen (secondary N) is 1. The van der Waals surface area contributed by atoms with Crippen LogP contribution in [0.15, 0.2) is 17.5 Å². The van der Waals surface area contributed by atoms with E-state index in [2.05, 4.69) is 12.2 Å². The van der Waals surface area contributed by atoms with Crippen molar-refractivity contribution in [2.45, 2.75) is 32.0 Å². The van der Waals surface area contributed by atoms with Gasteiger partial charge in [-0.25, -0.2) is 0 Å². The molecule has 0 radical (unpaired) electrons. The Bertz CT molecular complexity index is 448. The van der Waals surface area contributed by atoms with E-state index in [0.717, 1.165) is 17.7 Å². The van der Waals surface area contributed by atoms with Crippen LogP contribution in [0.1, 0.15) is 30.8 Å². The van der Waals surface area contributed by atoms with Crippen LogP contribution in [0.2, 0.25) is 0 Å². The van der Waals surface area contributed by atoms with Gasteiger partial charge in [-0.15, -0.1) is 11.3 Å². The molecule has 1 aliphatic heterocycles. The molecule has 1 saturated heterocycles. The molecule has 19 heavy (non-hydrogen) atoms. The fourth-order valence-corrected chi connectivity index (χ4v) is 3.57. The van der Waals surface area contributed by atoms with Crippen LogP contribution >= 0.6 is 11.3 Å². The molecule has 1 fully saturated rings. The van der Waals surface area contributed by atoms with Crippen molar-refractivity contribution >= 4 is 28.0 Å². The minimum absolute atomic E-state index is 0.0485. The quantitative estimate of drug-likeness (QED) is 0.870. The van der Waals surface area contributed by atoms with Crippen molar-refractivity contribution < 1.29 is 9.00 Å². The maximum atomic E-state index is 12.4. The predicted molar refractivity (Wildman–Crippen MR) is 79.5 cm³/mol. The molecule has 2 rings (SSSR count). The minimum Gasteiger partial charge on any atom is -0.320 e. The number of carbonyl (C=O) groups excluding carboxylic acids is 1. The Balaban J connectivity index is 2.14. The largest absolute Gasteiger partial charge is 0.320 e. The number of carbonyl (C=O) groups is 1. The van der Waals surface area contributed by atoms with E-state index in [4.69, 9.17) is 0 Å². The monoisotopic (exact) mass is 300 g/mol. The van der Waals surface area contributed by atoms with Gasteiger partial charge in [-0.3, -0.25) is 14.3 Å². The second-order valence-electron chi connectivity index (χ2n) is 4.73. The highest BCUT2D eigenvalue weighted by molar-refractivity contribution is 7.84. The standard InChI is InChI=1S/C13H20N2O2S2/c1-3-5-10-13(16)15(7-9-19(2)17)12(14-10)11-6-4-8-18-11/h4,6,8,10,12,14H,3,5,7,9H2,1-2H3. The number of hydrogen-bond acceptors (Lipinski definition) is 4. The third kappa shape index (κ3) is 3.43. The molecule has 0 spiro atoms. The molecule has 4 nitrogen and oxygen atoms in total. The summed E-state index contributed by atoms with van der Waals surface area (Å²) in [5.41, 5.74) is 0. The summed E-state index contributed by atoms with van der Waals surface area (Å²) in [6.07, 6.45) is 3.46. The molecular weight excluding hydrogens is 280 g/mol. The maximum absolute atomic E-state index is 12.4. The van der Waals surface area contributed by atoms with E-state index >= 15 is 0 Å². The van der Waals surface area contributed by atoms with Gasteiger partial charge in [-0.05, 0) is 17.9 Å². The zero-order valence-corrected chi connectivity index (χ0v) is 12.9. The average Bonchev–Trinajstić information content (AvgIpc) is 2.97. The second-order valence-corrected chi connectivity index (χ2v) is 7.27. The van der Waals surface area contributed by atoms with Crippen LogP contribution < -0.4 is 5.32 Å². The van der Waals surface area contributed by atoms with Crippen molar-refractivity contribution in [3.05, 3.63) is 22.4 Å². The average molecular weight is 300 g/mol. The van der Waals surface area contributed by atoms with Crippen molar-refractivity contribution in [2.75, 3.05) is 18.6 Å². The topological polar surface area (TPSA) is 49.4 Å². The second kappa shape index (κ2) is 6.63. The van der Waals surface area contributed by atoms with Crippen LogP contribution in [0.5, 0.6) is 0 Å². The van der Waals surface area contributed by atoms with Gasteiger partial charge in [0.2, 0.25) is 5.91 Å². The van der Waals surface area contributed by atoms with Crippen LogP contribution in [0.3, 0.4) is 0 Å².